The molecule has 0 spiro atoms. The second-order valence-electron chi connectivity index (χ2n) is 6.67. The minimum absolute atomic E-state index is 0.0969. The van der Waals surface area contributed by atoms with Crippen LogP contribution < -0.4 is 5.32 Å². The Hall–Kier alpha value is -2.71. The summed E-state index contributed by atoms with van der Waals surface area (Å²) in [5.74, 6) is -0.560. The molecule has 2 aromatic heterocycles. The molecule has 0 saturated carbocycles. The topological polar surface area (TPSA) is 82.5 Å². The van der Waals surface area contributed by atoms with Crippen LogP contribution in [0.3, 0.4) is 0 Å². The molecule has 7 nitrogen and oxygen atoms in total. The maximum Gasteiger partial charge on any atom is 0.311 e. The summed E-state index contributed by atoms with van der Waals surface area (Å²) in [4.78, 5) is 28.6. The number of aromatic nitrogens is 2. The number of esters is 1. The van der Waals surface area contributed by atoms with E-state index in [1.165, 1.54) is 11.3 Å². The number of thiazole rings is 1. The minimum atomic E-state index is -0.329. The zero-order valence-corrected chi connectivity index (χ0v) is 17.9. The molecule has 0 unspecified atom stereocenters. The van der Waals surface area contributed by atoms with E-state index in [2.05, 4.69) is 28.7 Å². The summed E-state index contributed by atoms with van der Waals surface area (Å²) >= 11 is 1.29. The highest BCUT2D eigenvalue weighted by atomic mass is 32.1. The quantitative estimate of drug-likeness (QED) is 0.567. The van der Waals surface area contributed by atoms with Crippen LogP contribution in [0, 0.1) is 13.8 Å². The largest absolute Gasteiger partial charge is 0.466 e. The lowest BCUT2D eigenvalue weighted by atomic mass is 10.1. The number of rotatable bonds is 8. The summed E-state index contributed by atoms with van der Waals surface area (Å²) in [6, 6.07) is 5.68. The van der Waals surface area contributed by atoms with Gasteiger partial charge in [0.2, 0.25) is 0 Å². The fraction of sp³-hybridized carbons (Fsp3) is 0.381. The zero-order chi connectivity index (χ0) is 21.0. The van der Waals surface area contributed by atoms with Crippen molar-refractivity contribution < 1.29 is 19.1 Å². The molecule has 29 heavy (non-hydrogen) atoms. The van der Waals surface area contributed by atoms with Crippen LogP contribution in [0.4, 0.5) is 5.13 Å². The van der Waals surface area contributed by atoms with Crippen LogP contribution in [0.1, 0.15) is 34.2 Å². The van der Waals surface area contributed by atoms with Gasteiger partial charge in [0.05, 0.1) is 25.3 Å². The fourth-order valence-corrected chi connectivity index (χ4v) is 3.94. The van der Waals surface area contributed by atoms with Crippen LogP contribution in [0.15, 0.2) is 23.6 Å². The smallest absolute Gasteiger partial charge is 0.311 e. The number of nitrogens with zero attached hydrogens (tertiary/aromatic N) is 2. The molecule has 0 bridgehead atoms. The van der Waals surface area contributed by atoms with E-state index in [1.807, 2.05) is 18.2 Å². The van der Waals surface area contributed by atoms with E-state index in [0.29, 0.717) is 29.6 Å². The van der Waals surface area contributed by atoms with Crippen molar-refractivity contribution in [1.29, 1.82) is 0 Å². The summed E-state index contributed by atoms with van der Waals surface area (Å²) in [5, 5.41) is 6.07. The molecule has 0 fully saturated rings. The number of fused-ring (bicyclic) bond motifs is 1. The standard InChI is InChI=1S/C21H25N3O4S/c1-5-28-19(25)11-16-12-29-21(22-16)23-20(26)15-6-7-18-17(10-15)13(2)14(3)24(18)8-9-27-4/h6-7,10,12H,5,8-9,11H2,1-4H3,(H,22,23,26). The number of carbonyl (C=O) groups excluding carboxylic acids is 2. The molecule has 8 heteroatoms. The van der Waals surface area contributed by atoms with Crippen molar-refractivity contribution >= 4 is 39.2 Å². The van der Waals surface area contributed by atoms with Gasteiger partial charge in [0.15, 0.2) is 5.13 Å². The minimum Gasteiger partial charge on any atom is -0.466 e. The van der Waals surface area contributed by atoms with E-state index in [-0.39, 0.29) is 18.3 Å². The number of hydrogen-bond acceptors (Lipinski definition) is 6. The molecule has 2 heterocycles. The van der Waals surface area contributed by atoms with Gasteiger partial charge in [-0.25, -0.2) is 4.98 Å². The van der Waals surface area contributed by atoms with Crippen molar-refractivity contribution in [3.8, 4) is 0 Å². The number of carbonyl (C=O) groups is 2. The first-order valence-electron chi connectivity index (χ1n) is 9.44. The molecule has 0 atom stereocenters. The number of nitrogens with one attached hydrogen (secondary N) is 1. The van der Waals surface area contributed by atoms with Crippen molar-refractivity contribution in [3.05, 3.63) is 46.1 Å². The van der Waals surface area contributed by atoms with Crippen LogP contribution in [0.5, 0.6) is 0 Å². The lowest BCUT2D eigenvalue weighted by molar-refractivity contribution is -0.142. The summed E-state index contributed by atoms with van der Waals surface area (Å²) in [7, 11) is 1.69. The average Bonchev–Trinajstić information content (AvgIpc) is 3.23. The first kappa shape index (κ1) is 21.0. The number of anilines is 1. The molecule has 1 amide bonds. The average molecular weight is 416 g/mol. The van der Waals surface area contributed by atoms with Gasteiger partial charge in [-0.15, -0.1) is 11.3 Å². The number of aryl methyl sites for hydroxylation is 1. The Morgan fingerprint density at radius 1 is 1.28 bits per heavy atom. The Morgan fingerprint density at radius 2 is 2.07 bits per heavy atom. The Labute approximate surface area is 173 Å². The van der Waals surface area contributed by atoms with Crippen LogP contribution in [-0.4, -0.2) is 41.8 Å². The lowest BCUT2D eigenvalue weighted by Crippen LogP contribution is -2.12. The second kappa shape index (κ2) is 9.19. The summed E-state index contributed by atoms with van der Waals surface area (Å²) < 4.78 is 12.3. The van der Waals surface area contributed by atoms with Gasteiger partial charge in [0.25, 0.3) is 5.91 Å². The molecule has 1 aromatic carbocycles. The van der Waals surface area contributed by atoms with Gasteiger partial charge in [-0.2, -0.15) is 0 Å². The highest BCUT2D eigenvalue weighted by Gasteiger charge is 2.15. The molecular weight excluding hydrogens is 390 g/mol. The first-order chi connectivity index (χ1) is 13.9. The Bertz CT molecular complexity index is 1040. The maximum atomic E-state index is 12.7. The SMILES string of the molecule is CCOC(=O)Cc1csc(NC(=O)c2ccc3c(c2)c(C)c(C)n3CCOC)n1. The molecule has 0 saturated heterocycles. The van der Waals surface area contributed by atoms with E-state index in [1.54, 1.807) is 19.4 Å². The number of benzene rings is 1. The van der Waals surface area contributed by atoms with Gasteiger partial charge in [0.1, 0.15) is 0 Å². The van der Waals surface area contributed by atoms with Crippen molar-refractivity contribution in [2.75, 3.05) is 25.6 Å². The molecule has 0 aliphatic rings. The highest BCUT2D eigenvalue weighted by molar-refractivity contribution is 7.14. The van der Waals surface area contributed by atoms with Crippen molar-refractivity contribution in [1.82, 2.24) is 9.55 Å². The molecule has 154 valence electrons. The Morgan fingerprint density at radius 3 is 2.79 bits per heavy atom. The van der Waals surface area contributed by atoms with E-state index >= 15 is 0 Å². The van der Waals surface area contributed by atoms with Crippen LogP contribution >= 0.6 is 11.3 Å². The van der Waals surface area contributed by atoms with Gasteiger partial charge >= 0.3 is 5.97 Å². The summed E-state index contributed by atoms with van der Waals surface area (Å²) in [5.41, 5.74) is 4.54. The molecule has 3 aromatic rings. The number of ether oxygens (including phenoxy) is 2. The van der Waals surface area contributed by atoms with Crippen LogP contribution in [-0.2, 0) is 27.2 Å². The Kier molecular flexibility index (Phi) is 6.66. The molecule has 1 N–H and O–H groups in total. The second-order valence-corrected chi connectivity index (χ2v) is 7.52. The molecule has 3 rings (SSSR count). The molecular formula is C21H25N3O4S. The van der Waals surface area contributed by atoms with Crippen molar-refractivity contribution in [2.24, 2.45) is 0 Å². The van der Waals surface area contributed by atoms with Gasteiger partial charge in [-0.1, -0.05) is 0 Å². The van der Waals surface area contributed by atoms with E-state index in [9.17, 15) is 9.59 Å². The number of methoxy groups -OCH3 is 1. The monoisotopic (exact) mass is 415 g/mol. The number of amides is 1. The molecule has 0 aliphatic heterocycles. The predicted octanol–water partition coefficient (Wildman–Crippen LogP) is 3.72. The predicted molar refractivity (Wildman–Crippen MR) is 114 cm³/mol. The van der Waals surface area contributed by atoms with Gasteiger partial charge in [0, 0.05) is 41.2 Å². The van der Waals surface area contributed by atoms with E-state index in [4.69, 9.17) is 9.47 Å². The first-order valence-corrected chi connectivity index (χ1v) is 10.3. The van der Waals surface area contributed by atoms with Crippen molar-refractivity contribution in [2.45, 2.75) is 33.7 Å². The highest BCUT2D eigenvalue weighted by Crippen LogP contribution is 2.27. The molecule has 0 radical (unpaired) electrons. The van der Waals surface area contributed by atoms with Crippen LogP contribution in [0.2, 0.25) is 0 Å². The van der Waals surface area contributed by atoms with Gasteiger partial charge < -0.3 is 14.0 Å². The van der Waals surface area contributed by atoms with Gasteiger partial charge in [-0.05, 0) is 44.5 Å². The number of hydrogen-bond donors (Lipinski definition) is 1. The van der Waals surface area contributed by atoms with Gasteiger partial charge in [-0.3, -0.25) is 14.9 Å². The summed E-state index contributed by atoms with van der Waals surface area (Å²) in [6.45, 7) is 7.62. The zero-order valence-electron chi connectivity index (χ0n) is 17.1. The van der Waals surface area contributed by atoms with E-state index in [0.717, 1.165) is 28.7 Å². The maximum absolute atomic E-state index is 12.7. The summed E-state index contributed by atoms with van der Waals surface area (Å²) in [6.07, 6.45) is 0.0969. The lowest BCUT2D eigenvalue weighted by Gasteiger charge is -2.08. The fourth-order valence-electron chi connectivity index (χ4n) is 3.24. The Balaban J connectivity index is 1.77. The van der Waals surface area contributed by atoms with E-state index < -0.39 is 0 Å². The third-order valence-corrected chi connectivity index (χ3v) is 5.63. The van der Waals surface area contributed by atoms with Crippen molar-refractivity contribution in [3.63, 3.8) is 0 Å². The van der Waals surface area contributed by atoms with Crippen LogP contribution in [0.25, 0.3) is 10.9 Å². The third-order valence-electron chi connectivity index (χ3n) is 4.82. The third kappa shape index (κ3) is 4.65. The normalized spacial score (nSPS) is 11.0. The molecule has 0 aliphatic carbocycles.